The molecule has 1 saturated heterocycles. The molecule has 1 fully saturated rings. The fourth-order valence-corrected chi connectivity index (χ4v) is 2.13. The molecule has 2 rings (SSSR count). The molecule has 3 N–H and O–H groups in total. The molecule has 0 amide bonds. The Balaban J connectivity index is 2.15. The molecular weight excluding hydrogens is 228 g/mol. The Morgan fingerprint density at radius 1 is 1.39 bits per heavy atom. The van der Waals surface area contributed by atoms with E-state index in [1.54, 1.807) is 6.07 Å². The summed E-state index contributed by atoms with van der Waals surface area (Å²) in [7, 11) is 0. The number of aromatic nitrogens is 1. The summed E-state index contributed by atoms with van der Waals surface area (Å²) in [6.45, 7) is 6.59. The number of rotatable bonds is 2. The van der Waals surface area contributed by atoms with Crippen molar-refractivity contribution in [2.24, 2.45) is 16.3 Å². The molecule has 0 aromatic carbocycles. The van der Waals surface area contributed by atoms with Gasteiger partial charge >= 0.3 is 0 Å². The molecule has 5 heteroatoms. The van der Waals surface area contributed by atoms with Gasteiger partial charge in [0.15, 0.2) is 5.84 Å². The highest BCUT2D eigenvalue weighted by Gasteiger charge is 2.26. The minimum absolute atomic E-state index is 0.0502. The third-order valence-corrected chi connectivity index (χ3v) is 3.55. The molecule has 2 heterocycles. The molecule has 1 aromatic rings. The second-order valence-electron chi connectivity index (χ2n) is 5.52. The maximum absolute atomic E-state index is 8.67. The fraction of sp³-hybridized carbons (Fsp3) is 0.538. The second kappa shape index (κ2) is 4.84. The zero-order valence-corrected chi connectivity index (χ0v) is 10.9. The molecule has 0 aliphatic carbocycles. The van der Waals surface area contributed by atoms with E-state index < -0.39 is 0 Å². The largest absolute Gasteiger partial charge is 0.409 e. The first-order chi connectivity index (χ1) is 8.52. The van der Waals surface area contributed by atoms with Crippen molar-refractivity contribution in [1.82, 2.24) is 4.98 Å². The maximum Gasteiger partial charge on any atom is 0.188 e. The smallest absolute Gasteiger partial charge is 0.188 e. The molecule has 0 radical (unpaired) electrons. The Kier molecular flexibility index (Phi) is 3.41. The van der Waals surface area contributed by atoms with Gasteiger partial charge in [-0.3, -0.25) is 0 Å². The van der Waals surface area contributed by atoms with E-state index in [-0.39, 0.29) is 5.84 Å². The van der Waals surface area contributed by atoms with Gasteiger partial charge in [0.2, 0.25) is 0 Å². The summed E-state index contributed by atoms with van der Waals surface area (Å²) in [4.78, 5) is 6.67. The summed E-state index contributed by atoms with van der Waals surface area (Å²) in [5.41, 5.74) is 6.48. The highest BCUT2D eigenvalue weighted by Crippen LogP contribution is 2.31. The number of oxime groups is 1. The topological polar surface area (TPSA) is 74.7 Å². The molecule has 1 aliphatic heterocycles. The van der Waals surface area contributed by atoms with Crippen LogP contribution in [0.3, 0.4) is 0 Å². The molecule has 5 nitrogen and oxygen atoms in total. The third-order valence-electron chi connectivity index (χ3n) is 3.55. The minimum atomic E-state index is 0.0502. The molecule has 0 spiro atoms. The van der Waals surface area contributed by atoms with Crippen molar-refractivity contribution in [2.75, 3.05) is 18.0 Å². The predicted molar refractivity (Wildman–Crippen MR) is 72.0 cm³/mol. The van der Waals surface area contributed by atoms with E-state index in [0.29, 0.717) is 11.1 Å². The summed E-state index contributed by atoms with van der Waals surface area (Å²) in [5, 5.41) is 11.6. The molecule has 0 saturated carbocycles. The van der Waals surface area contributed by atoms with E-state index in [2.05, 4.69) is 28.9 Å². The van der Waals surface area contributed by atoms with Crippen molar-refractivity contribution in [2.45, 2.75) is 26.7 Å². The molecule has 0 bridgehead atoms. The summed E-state index contributed by atoms with van der Waals surface area (Å²) < 4.78 is 0. The Bertz CT molecular complexity index is 446. The summed E-state index contributed by atoms with van der Waals surface area (Å²) in [5.74, 6) is 0.948. The number of hydrogen-bond acceptors (Lipinski definition) is 4. The number of pyridine rings is 1. The average molecular weight is 248 g/mol. The number of nitrogens with two attached hydrogens (primary N) is 1. The minimum Gasteiger partial charge on any atom is -0.409 e. The van der Waals surface area contributed by atoms with E-state index >= 15 is 0 Å². The van der Waals surface area contributed by atoms with Gasteiger partial charge in [-0.15, -0.1) is 0 Å². The van der Waals surface area contributed by atoms with Crippen molar-refractivity contribution in [3.8, 4) is 0 Å². The third kappa shape index (κ3) is 2.72. The lowest BCUT2D eigenvalue weighted by Crippen LogP contribution is -2.38. The van der Waals surface area contributed by atoms with Crippen LogP contribution in [0.4, 0.5) is 5.82 Å². The Morgan fingerprint density at radius 2 is 2.06 bits per heavy atom. The van der Waals surface area contributed by atoms with Crippen molar-refractivity contribution >= 4 is 11.7 Å². The monoisotopic (exact) mass is 248 g/mol. The van der Waals surface area contributed by atoms with Gasteiger partial charge in [0.05, 0.1) is 0 Å². The van der Waals surface area contributed by atoms with E-state index in [9.17, 15) is 0 Å². The normalized spacial score (nSPS) is 19.9. The van der Waals surface area contributed by atoms with Crippen LogP contribution in [0.25, 0.3) is 0 Å². The molecule has 1 aliphatic rings. The fourth-order valence-electron chi connectivity index (χ4n) is 2.13. The van der Waals surface area contributed by atoms with Crippen LogP contribution in [0.1, 0.15) is 32.4 Å². The van der Waals surface area contributed by atoms with E-state index in [0.717, 1.165) is 31.7 Å². The highest BCUT2D eigenvalue weighted by atomic mass is 16.4. The number of nitrogens with zero attached hydrogens (tertiary/aromatic N) is 3. The number of amidine groups is 1. The van der Waals surface area contributed by atoms with Crippen molar-refractivity contribution in [1.29, 1.82) is 0 Å². The van der Waals surface area contributed by atoms with Crippen LogP contribution in [0.5, 0.6) is 0 Å². The lowest BCUT2D eigenvalue weighted by atomic mass is 9.83. The molecular formula is C13H20N4O. The van der Waals surface area contributed by atoms with Gasteiger partial charge in [0.25, 0.3) is 0 Å². The lowest BCUT2D eigenvalue weighted by molar-refractivity contribution is 0.279. The van der Waals surface area contributed by atoms with Gasteiger partial charge < -0.3 is 15.8 Å². The average Bonchev–Trinajstić information content (AvgIpc) is 2.38. The molecule has 98 valence electrons. The van der Waals surface area contributed by atoms with Gasteiger partial charge in [0, 0.05) is 13.1 Å². The molecule has 0 unspecified atom stereocenters. The van der Waals surface area contributed by atoms with Crippen LogP contribution in [0.15, 0.2) is 23.4 Å². The number of anilines is 1. The summed E-state index contributed by atoms with van der Waals surface area (Å²) in [6, 6.07) is 5.59. The molecule has 0 atom stereocenters. The van der Waals surface area contributed by atoms with E-state index in [4.69, 9.17) is 10.9 Å². The second-order valence-corrected chi connectivity index (χ2v) is 5.52. The Labute approximate surface area is 107 Å². The van der Waals surface area contributed by atoms with E-state index in [1.807, 2.05) is 12.1 Å². The van der Waals surface area contributed by atoms with Crippen LogP contribution in [0.2, 0.25) is 0 Å². The van der Waals surface area contributed by atoms with Gasteiger partial charge in [-0.2, -0.15) is 0 Å². The van der Waals surface area contributed by atoms with Crippen molar-refractivity contribution < 1.29 is 5.21 Å². The van der Waals surface area contributed by atoms with Crippen LogP contribution in [-0.4, -0.2) is 29.1 Å². The SMILES string of the molecule is CC1(C)CCN(c2cccc(C(N)=NO)n2)CC1. The lowest BCUT2D eigenvalue weighted by Gasteiger charge is -2.37. The van der Waals surface area contributed by atoms with Gasteiger partial charge in [-0.25, -0.2) is 4.98 Å². The maximum atomic E-state index is 8.67. The van der Waals surface area contributed by atoms with Crippen LogP contribution >= 0.6 is 0 Å². The van der Waals surface area contributed by atoms with Crippen molar-refractivity contribution in [3.63, 3.8) is 0 Å². The molecule has 18 heavy (non-hydrogen) atoms. The zero-order chi connectivity index (χ0) is 13.2. The van der Waals surface area contributed by atoms with E-state index in [1.165, 1.54) is 0 Å². The first-order valence-electron chi connectivity index (χ1n) is 6.22. The first-order valence-corrected chi connectivity index (χ1v) is 6.22. The van der Waals surface area contributed by atoms with Crippen molar-refractivity contribution in [3.05, 3.63) is 23.9 Å². The number of piperidine rings is 1. The predicted octanol–water partition coefficient (Wildman–Crippen LogP) is 1.80. The quantitative estimate of drug-likeness (QED) is 0.362. The van der Waals surface area contributed by atoms with Gasteiger partial charge in [-0.1, -0.05) is 25.1 Å². The standard InChI is InChI=1S/C13H20N4O/c1-13(2)6-8-17(9-7-13)11-5-3-4-10(15-11)12(14)16-18/h3-5,18H,6-9H2,1-2H3,(H2,14,16). The van der Waals surface area contributed by atoms with Gasteiger partial charge in [-0.05, 0) is 30.4 Å². The van der Waals surface area contributed by atoms with Crippen LogP contribution < -0.4 is 10.6 Å². The first kappa shape index (κ1) is 12.7. The highest BCUT2D eigenvalue weighted by molar-refractivity contribution is 5.95. The van der Waals surface area contributed by atoms with Crippen LogP contribution in [-0.2, 0) is 0 Å². The zero-order valence-electron chi connectivity index (χ0n) is 10.9. The summed E-state index contributed by atoms with van der Waals surface area (Å²) in [6.07, 6.45) is 2.31. The van der Waals surface area contributed by atoms with Gasteiger partial charge in [0.1, 0.15) is 11.5 Å². The number of hydrogen-bond donors (Lipinski definition) is 2. The Hall–Kier alpha value is -1.78. The Morgan fingerprint density at radius 3 is 2.67 bits per heavy atom. The van der Waals surface area contributed by atoms with Crippen LogP contribution in [0, 0.1) is 5.41 Å². The molecule has 1 aromatic heterocycles. The summed E-state index contributed by atoms with van der Waals surface area (Å²) >= 11 is 0.